The van der Waals surface area contributed by atoms with Crippen LogP contribution in [0.4, 0.5) is 8.78 Å². The van der Waals surface area contributed by atoms with Crippen molar-refractivity contribution in [2.45, 2.75) is 38.6 Å². The van der Waals surface area contributed by atoms with Crippen LogP contribution in [-0.2, 0) is 12.8 Å². The van der Waals surface area contributed by atoms with Gasteiger partial charge in [-0.25, -0.2) is 4.39 Å². The first-order valence-corrected chi connectivity index (χ1v) is 7.39. The molecule has 2 N–H and O–H groups in total. The number of aromatic nitrogens is 2. The number of hydrogen-bond donors (Lipinski definition) is 2. The Bertz CT molecular complexity index is 707. The highest BCUT2D eigenvalue weighted by atomic mass is 19.1. The minimum absolute atomic E-state index is 0.0711. The third-order valence-corrected chi connectivity index (χ3v) is 3.85. The normalized spacial score (nSPS) is 14.1. The molecule has 1 aliphatic carbocycles. The van der Waals surface area contributed by atoms with Crippen LogP contribution in [0.15, 0.2) is 18.2 Å². The molecular formula is C16H17F2N3O. The van der Waals surface area contributed by atoms with Crippen LogP contribution in [0.2, 0.25) is 0 Å². The molecule has 0 spiro atoms. The molecule has 4 nitrogen and oxygen atoms in total. The summed E-state index contributed by atoms with van der Waals surface area (Å²) in [6, 6.07) is 4.66. The van der Waals surface area contributed by atoms with E-state index in [2.05, 4.69) is 15.5 Å². The second-order valence-corrected chi connectivity index (χ2v) is 5.56. The number of H-pyrrole nitrogens is 1. The Labute approximate surface area is 126 Å². The summed E-state index contributed by atoms with van der Waals surface area (Å²) < 4.78 is 27.3. The van der Waals surface area contributed by atoms with Crippen LogP contribution in [0, 0.1) is 11.8 Å². The van der Waals surface area contributed by atoms with E-state index >= 15 is 0 Å². The molecular weight excluding hydrogens is 288 g/mol. The van der Waals surface area contributed by atoms with Crippen LogP contribution in [0.1, 0.15) is 46.9 Å². The Morgan fingerprint density at radius 3 is 2.82 bits per heavy atom. The molecule has 3 rings (SSSR count). The highest BCUT2D eigenvalue weighted by Gasteiger charge is 2.28. The zero-order chi connectivity index (χ0) is 15.7. The van der Waals surface area contributed by atoms with Crippen molar-refractivity contribution in [3.63, 3.8) is 0 Å². The van der Waals surface area contributed by atoms with Crippen molar-refractivity contribution in [3.05, 3.63) is 52.3 Å². The third-order valence-electron chi connectivity index (χ3n) is 3.85. The maximum Gasteiger partial charge on any atom is 0.258 e. The number of amides is 1. The first kappa shape index (κ1) is 14.7. The molecule has 0 aliphatic heterocycles. The molecule has 0 radical (unpaired) electrons. The van der Waals surface area contributed by atoms with E-state index in [1.807, 2.05) is 6.92 Å². The van der Waals surface area contributed by atoms with Gasteiger partial charge in [0, 0.05) is 12.5 Å². The molecule has 1 fully saturated rings. The van der Waals surface area contributed by atoms with E-state index in [1.54, 1.807) is 6.07 Å². The zero-order valence-electron chi connectivity index (χ0n) is 12.2. The Hall–Kier alpha value is -2.24. The van der Waals surface area contributed by atoms with Crippen LogP contribution in [-0.4, -0.2) is 22.1 Å². The molecule has 0 bridgehead atoms. The number of rotatable bonds is 5. The summed E-state index contributed by atoms with van der Waals surface area (Å²) >= 11 is 0. The number of aromatic amines is 1. The van der Waals surface area contributed by atoms with Crippen molar-refractivity contribution in [2.24, 2.45) is 0 Å². The van der Waals surface area contributed by atoms with Crippen molar-refractivity contribution in [1.82, 2.24) is 15.5 Å². The quantitative estimate of drug-likeness (QED) is 0.892. The molecule has 6 heteroatoms. The topological polar surface area (TPSA) is 57.8 Å². The smallest absolute Gasteiger partial charge is 0.258 e. The second kappa shape index (κ2) is 5.87. The Morgan fingerprint density at radius 1 is 1.36 bits per heavy atom. The molecule has 2 aromatic rings. The summed E-state index contributed by atoms with van der Waals surface area (Å²) in [5.41, 5.74) is 1.99. The fourth-order valence-electron chi connectivity index (χ4n) is 2.49. The average Bonchev–Trinajstić information content (AvgIpc) is 3.22. The van der Waals surface area contributed by atoms with Crippen LogP contribution in [0.5, 0.6) is 0 Å². The van der Waals surface area contributed by atoms with E-state index in [9.17, 15) is 13.6 Å². The monoisotopic (exact) mass is 305 g/mol. The van der Waals surface area contributed by atoms with Gasteiger partial charge in [0.25, 0.3) is 5.91 Å². The molecule has 0 saturated heterocycles. The van der Waals surface area contributed by atoms with Gasteiger partial charge in [0.05, 0.1) is 5.69 Å². The average molecular weight is 305 g/mol. The number of carbonyl (C=O) groups is 1. The van der Waals surface area contributed by atoms with Crippen LogP contribution in [0.25, 0.3) is 0 Å². The van der Waals surface area contributed by atoms with E-state index in [-0.39, 0.29) is 23.8 Å². The Balaban J connectivity index is 1.89. The van der Waals surface area contributed by atoms with Gasteiger partial charge in [-0.3, -0.25) is 9.89 Å². The third kappa shape index (κ3) is 3.00. The molecule has 116 valence electrons. The minimum Gasteiger partial charge on any atom is -0.349 e. The Morgan fingerprint density at radius 2 is 2.14 bits per heavy atom. The van der Waals surface area contributed by atoms with Gasteiger partial charge in [-0.15, -0.1) is 5.10 Å². The summed E-state index contributed by atoms with van der Waals surface area (Å²) in [5.74, 6) is -1.63. The van der Waals surface area contributed by atoms with Gasteiger partial charge >= 0.3 is 0 Å². The van der Waals surface area contributed by atoms with Crippen LogP contribution < -0.4 is 5.32 Å². The number of benzene rings is 1. The Kier molecular flexibility index (Phi) is 3.92. The number of nitrogens with one attached hydrogen (secondary N) is 2. The molecule has 0 atom stereocenters. The zero-order valence-corrected chi connectivity index (χ0v) is 12.2. The predicted molar refractivity (Wildman–Crippen MR) is 77.6 cm³/mol. The molecule has 1 aromatic carbocycles. The summed E-state index contributed by atoms with van der Waals surface area (Å²) in [5, 5.41) is 8.80. The standard InChI is InChI=1S/C16H17F2N3O/c1-2-9-3-4-11(17)7-10(9)8-13-14(15(18)21-20-13)16(22)19-12-5-6-12/h3-4,7,12H,2,5-6,8H2,1H3,(H,19,22)(H,20,21). The van der Waals surface area contributed by atoms with Crippen LogP contribution in [0.3, 0.4) is 0 Å². The van der Waals surface area contributed by atoms with Crippen molar-refractivity contribution in [3.8, 4) is 0 Å². The summed E-state index contributed by atoms with van der Waals surface area (Å²) in [4.78, 5) is 12.1. The van der Waals surface area contributed by atoms with Gasteiger partial charge in [0.2, 0.25) is 5.95 Å². The lowest BCUT2D eigenvalue weighted by atomic mass is 9.99. The molecule has 1 amide bonds. The van der Waals surface area contributed by atoms with Crippen molar-refractivity contribution in [2.75, 3.05) is 0 Å². The maximum atomic E-state index is 13.8. The number of carbonyl (C=O) groups excluding carboxylic acids is 1. The molecule has 1 saturated carbocycles. The van der Waals surface area contributed by atoms with Crippen molar-refractivity contribution < 1.29 is 13.6 Å². The van der Waals surface area contributed by atoms with Gasteiger partial charge in [-0.05, 0) is 42.5 Å². The molecule has 22 heavy (non-hydrogen) atoms. The van der Waals surface area contributed by atoms with E-state index in [1.165, 1.54) is 12.1 Å². The number of hydrogen-bond acceptors (Lipinski definition) is 2. The first-order valence-electron chi connectivity index (χ1n) is 7.39. The highest BCUT2D eigenvalue weighted by molar-refractivity contribution is 5.95. The summed E-state index contributed by atoms with van der Waals surface area (Å²) in [6.07, 6.45) is 2.82. The first-order chi connectivity index (χ1) is 10.6. The van der Waals surface area contributed by atoms with Gasteiger partial charge in [-0.1, -0.05) is 13.0 Å². The molecule has 1 heterocycles. The second-order valence-electron chi connectivity index (χ2n) is 5.56. The van der Waals surface area contributed by atoms with Crippen molar-refractivity contribution >= 4 is 5.91 Å². The minimum atomic E-state index is -0.817. The maximum absolute atomic E-state index is 13.8. The summed E-state index contributed by atoms with van der Waals surface area (Å²) in [7, 11) is 0. The largest absolute Gasteiger partial charge is 0.349 e. The van der Waals surface area contributed by atoms with Gasteiger partial charge in [0.1, 0.15) is 11.4 Å². The molecule has 0 unspecified atom stereocenters. The molecule has 1 aromatic heterocycles. The number of halogens is 2. The lowest BCUT2D eigenvalue weighted by Crippen LogP contribution is -2.27. The van der Waals surface area contributed by atoms with E-state index in [0.29, 0.717) is 5.69 Å². The van der Waals surface area contributed by atoms with Gasteiger partial charge < -0.3 is 5.32 Å². The SMILES string of the molecule is CCc1ccc(F)cc1Cc1[nH]nc(F)c1C(=O)NC1CC1. The highest BCUT2D eigenvalue weighted by Crippen LogP contribution is 2.22. The summed E-state index contributed by atoms with van der Waals surface area (Å²) in [6.45, 7) is 1.96. The lowest BCUT2D eigenvalue weighted by Gasteiger charge is -2.09. The van der Waals surface area contributed by atoms with E-state index in [4.69, 9.17) is 0 Å². The fraction of sp³-hybridized carbons (Fsp3) is 0.375. The van der Waals surface area contributed by atoms with Gasteiger partial charge in [-0.2, -0.15) is 4.39 Å². The number of aryl methyl sites for hydroxylation is 1. The lowest BCUT2D eigenvalue weighted by molar-refractivity contribution is 0.0946. The fourth-order valence-corrected chi connectivity index (χ4v) is 2.49. The molecule has 1 aliphatic rings. The van der Waals surface area contributed by atoms with Crippen molar-refractivity contribution in [1.29, 1.82) is 0 Å². The van der Waals surface area contributed by atoms with E-state index < -0.39 is 11.9 Å². The van der Waals surface area contributed by atoms with Gasteiger partial charge in [0.15, 0.2) is 0 Å². The predicted octanol–water partition coefficient (Wildman–Crippen LogP) is 2.73. The van der Waals surface area contributed by atoms with E-state index in [0.717, 1.165) is 30.4 Å². The number of nitrogens with zero attached hydrogens (tertiary/aromatic N) is 1. The van der Waals surface area contributed by atoms with Crippen LogP contribution >= 0.6 is 0 Å².